The van der Waals surface area contributed by atoms with E-state index in [1.165, 1.54) is 16.7 Å². The Balaban J connectivity index is 1.92. The number of aryl methyl sites for hydroxylation is 4. The summed E-state index contributed by atoms with van der Waals surface area (Å²) in [5.74, 6) is 4.21. The first-order valence-electron chi connectivity index (χ1n) is 7.43. The van der Waals surface area contributed by atoms with Crippen LogP contribution in [0.25, 0.3) is 0 Å². The molecule has 1 fully saturated rings. The van der Waals surface area contributed by atoms with Crippen LogP contribution in [0.2, 0.25) is 0 Å². The van der Waals surface area contributed by atoms with E-state index in [1.807, 2.05) is 18.7 Å². The first kappa shape index (κ1) is 15.1. The third-order valence-electron chi connectivity index (χ3n) is 3.68. The molecule has 0 saturated carbocycles. The zero-order valence-corrected chi connectivity index (χ0v) is 14.3. The number of hydrogen-bond donors (Lipinski definition) is 1. The van der Waals surface area contributed by atoms with Gasteiger partial charge in [0.15, 0.2) is 0 Å². The Labute approximate surface area is 135 Å². The summed E-state index contributed by atoms with van der Waals surface area (Å²) in [6.45, 7) is 9.23. The fourth-order valence-electron chi connectivity index (χ4n) is 2.73. The molecule has 6 heteroatoms. The second-order valence-electron chi connectivity index (χ2n) is 5.71. The predicted octanol–water partition coefficient (Wildman–Crippen LogP) is 3.36. The summed E-state index contributed by atoms with van der Waals surface area (Å²) in [5, 5.41) is 3.38. The SMILES string of the molecule is Cc1cc(C)c(Nc2nc(C)nc(N3CCSC3)n2)c(C)c1. The van der Waals surface area contributed by atoms with Gasteiger partial charge in [-0.05, 0) is 38.8 Å². The summed E-state index contributed by atoms with van der Waals surface area (Å²) >= 11 is 1.90. The smallest absolute Gasteiger partial charge is 0.232 e. The van der Waals surface area contributed by atoms with Crippen molar-refractivity contribution >= 4 is 29.3 Å². The van der Waals surface area contributed by atoms with Crippen molar-refractivity contribution in [3.05, 3.63) is 34.6 Å². The lowest BCUT2D eigenvalue weighted by molar-refractivity contribution is 0.877. The van der Waals surface area contributed by atoms with Crippen LogP contribution in [0.1, 0.15) is 22.5 Å². The summed E-state index contributed by atoms with van der Waals surface area (Å²) in [6, 6.07) is 4.34. The topological polar surface area (TPSA) is 53.9 Å². The molecule has 1 saturated heterocycles. The summed E-state index contributed by atoms with van der Waals surface area (Å²) in [5.41, 5.74) is 4.75. The molecule has 22 heavy (non-hydrogen) atoms. The van der Waals surface area contributed by atoms with Crippen molar-refractivity contribution in [1.29, 1.82) is 0 Å². The molecule has 1 aliphatic heterocycles. The Bertz CT molecular complexity index is 672. The van der Waals surface area contributed by atoms with E-state index in [4.69, 9.17) is 0 Å². The van der Waals surface area contributed by atoms with Crippen molar-refractivity contribution in [2.24, 2.45) is 0 Å². The molecule has 1 aromatic carbocycles. The number of nitrogens with zero attached hydrogens (tertiary/aromatic N) is 4. The van der Waals surface area contributed by atoms with Crippen LogP contribution >= 0.6 is 11.8 Å². The molecule has 1 aliphatic rings. The summed E-state index contributed by atoms with van der Waals surface area (Å²) in [7, 11) is 0. The highest BCUT2D eigenvalue weighted by Gasteiger charge is 2.17. The van der Waals surface area contributed by atoms with E-state index >= 15 is 0 Å². The first-order valence-corrected chi connectivity index (χ1v) is 8.58. The summed E-state index contributed by atoms with van der Waals surface area (Å²) < 4.78 is 0. The summed E-state index contributed by atoms with van der Waals surface area (Å²) in [4.78, 5) is 15.7. The van der Waals surface area contributed by atoms with Gasteiger partial charge in [-0.1, -0.05) is 17.7 Å². The Hall–Kier alpha value is -1.82. The standard InChI is InChI=1S/C16H21N5S/c1-10-7-11(2)14(12(3)8-10)19-15-17-13(4)18-16(20-15)21-5-6-22-9-21/h7-8H,5-6,9H2,1-4H3,(H,17,18,19,20). The second kappa shape index (κ2) is 6.12. The Kier molecular flexibility index (Phi) is 4.20. The molecular weight excluding hydrogens is 294 g/mol. The Morgan fingerprint density at radius 3 is 2.41 bits per heavy atom. The van der Waals surface area contributed by atoms with Gasteiger partial charge in [0, 0.05) is 18.0 Å². The number of benzene rings is 1. The molecule has 3 rings (SSSR count). The molecule has 1 aromatic heterocycles. The van der Waals surface area contributed by atoms with Gasteiger partial charge < -0.3 is 10.2 Å². The van der Waals surface area contributed by atoms with Crippen molar-refractivity contribution in [3.63, 3.8) is 0 Å². The lowest BCUT2D eigenvalue weighted by Crippen LogP contribution is -2.22. The molecule has 0 radical (unpaired) electrons. The van der Waals surface area contributed by atoms with Crippen LogP contribution in [0.4, 0.5) is 17.6 Å². The van der Waals surface area contributed by atoms with Crippen molar-refractivity contribution < 1.29 is 0 Å². The van der Waals surface area contributed by atoms with Crippen LogP contribution in [0.5, 0.6) is 0 Å². The van der Waals surface area contributed by atoms with E-state index in [1.54, 1.807) is 0 Å². The Morgan fingerprint density at radius 1 is 1.05 bits per heavy atom. The second-order valence-corrected chi connectivity index (χ2v) is 6.78. The molecule has 2 heterocycles. The lowest BCUT2D eigenvalue weighted by Gasteiger charge is -2.17. The third kappa shape index (κ3) is 3.16. The molecule has 0 spiro atoms. The van der Waals surface area contributed by atoms with Gasteiger partial charge in [-0.2, -0.15) is 15.0 Å². The van der Waals surface area contributed by atoms with Crippen LogP contribution < -0.4 is 10.2 Å². The average molecular weight is 315 g/mol. The van der Waals surface area contributed by atoms with Gasteiger partial charge in [-0.15, -0.1) is 11.8 Å². The molecule has 0 atom stereocenters. The van der Waals surface area contributed by atoms with E-state index in [9.17, 15) is 0 Å². The molecule has 0 unspecified atom stereocenters. The maximum atomic E-state index is 4.59. The number of rotatable bonds is 3. The van der Waals surface area contributed by atoms with Crippen molar-refractivity contribution in [3.8, 4) is 0 Å². The molecule has 0 bridgehead atoms. The molecule has 2 aromatic rings. The van der Waals surface area contributed by atoms with E-state index in [0.717, 1.165) is 35.6 Å². The van der Waals surface area contributed by atoms with Gasteiger partial charge in [-0.25, -0.2) is 0 Å². The number of nitrogens with one attached hydrogen (secondary N) is 1. The van der Waals surface area contributed by atoms with Crippen LogP contribution in [0, 0.1) is 27.7 Å². The molecule has 0 aliphatic carbocycles. The maximum Gasteiger partial charge on any atom is 0.232 e. The van der Waals surface area contributed by atoms with Gasteiger partial charge in [-0.3, -0.25) is 0 Å². The molecular formula is C16H21N5S. The average Bonchev–Trinajstić information content (AvgIpc) is 2.96. The highest BCUT2D eigenvalue weighted by Crippen LogP contribution is 2.26. The third-order valence-corrected chi connectivity index (χ3v) is 4.65. The van der Waals surface area contributed by atoms with E-state index in [-0.39, 0.29) is 0 Å². The number of aromatic nitrogens is 3. The predicted molar refractivity (Wildman–Crippen MR) is 93.2 cm³/mol. The number of anilines is 3. The van der Waals surface area contributed by atoms with Gasteiger partial charge >= 0.3 is 0 Å². The highest BCUT2D eigenvalue weighted by molar-refractivity contribution is 7.99. The number of hydrogen-bond acceptors (Lipinski definition) is 6. The van der Waals surface area contributed by atoms with Crippen LogP contribution in [-0.4, -0.2) is 33.1 Å². The minimum Gasteiger partial charge on any atom is -0.331 e. The molecule has 116 valence electrons. The lowest BCUT2D eigenvalue weighted by atomic mass is 10.1. The van der Waals surface area contributed by atoms with Crippen molar-refractivity contribution in [1.82, 2.24) is 15.0 Å². The van der Waals surface area contributed by atoms with Gasteiger partial charge in [0.1, 0.15) is 5.82 Å². The fourth-order valence-corrected chi connectivity index (χ4v) is 3.67. The van der Waals surface area contributed by atoms with E-state index in [0.29, 0.717) is 5.95 Å². The molecule has 5 nitrogen and oxygen atoms in total. The maximum absolute atomic E-state index is 4.59. The quantitative estimate of drug-likeness (QED) is 0.937. The van der Waals surface area contributed by atoms with Crippen LogP contribution in [0.3, 0.4) is 0 Å². The van der Waals surface area contributed by atoms with E-state index < -0.39 is 0 Å². The molecule has 0 amide bonds. The highest BCUT2D eigenvalue weighted by atomic mass is 32.2. The van der Waals surface area contributed by atoms with Crippen molar-refractivity contribution in [2.75, 3.05) is 28.4 Å². The van der Waals surface area contributed by atoms with Gasteiger partial charge in [0.05, 0.1) is 5.88 Å². The zero-order chi connectivity index (χ0) is 15.7. The van der Waals surface area contributed by atoms with Gasteiger partial charge in [0.2, 0.25) is 11.9 Å². The normalized spacial score (nSPS) is 14.5. The largest absolute Gasteiger partial charge is 0.331 e. The molecule has 1 N–H and O–H groups in total. The van der Waals surface area contributed by atoms with Crippen LogP contribution in [-0.2, 0) is 0 Å². The van der Waals surface area contributed by atoms with Crippen LogP contribution in [0.15, 0.2) is 12.1 Å². The number of thioether (sulfide) groups is 1. The van der Waals surface area contributed by atoms with Crippen molar-refractivity contribution in [2.45, 2.75) is 27.7 Å². The van der Waals surface area contributed by atoms with E-state index in [2.05, 4.69) is 58.1 Å². The summed E-state index contributed by atoms with van der Waals surface area (Å²) in [6.07, 6.45) is 0. The monoisotopic (exact) mass is 315 g/mol. The Morgan fingerprint density at radius 2 is 1.77 bits per heavy atom. The zero-order valence-electron chi connectivity index (χ0n) is 13.5. The minimum absolute atomic E-state index is 0.620. The minimum atomic E-state index is 0.620. The van der Waals surface area contributed by atoms with Gasteiger partial charge in [0.25, 0.3) is 0 Å². The first-order chi connectivity index (χ1) is 10.5. The fraction of sp³-hybridized carbons (Fsp3) is 0.438.